The third kappa shape index (κ3) is 2.36. The summed E-state index contributed by atoms with van der Waals surface area (Å²) in [4.78, 5) is 18.8. The molecule has 19 heavy (non-hydrogen) atoms. The minimum absolute atomic E-state index is 0.459. The molecule has 1 aliphatic carbocycles. The predicted molar refractivity (Wildman–Crippen MR) is 71.5 cm³/mol. The fourth-order valence-corrected chi connectivity index (χ4v) is 2.76. The zero-order valence-corrected chi connectivity index (χ0v) is 10.9. The minimum Gasteiger partial charge on any atom is -0.481 e. The smallest absolute Gasteiger partial charge is 0.312 e. The molecule has 0 saturated heterocycles. The number of carboxylic acid groups (broad SMARTS) is 1. The third-order valence-corrected chi connectivity index (χ3v) is 3.67. The van der Waals surface area contributed by atoms with Gasteiger partial charge in [0.2, 0.25) is 0 Å². The number of halogens is 1. The summed E-state index contributed by atoms with van der Waals surface area (Å²) in [6.45, 7) is 0. The van der Waals surface area contributed by atoms with Crippen LogP contribution in [-0.2, 0) is 17.6 Å². The van der Waals surface area contributed by atoms with Gasteiger partial charge in [-0.25, -0.2) is 4.98 Å². The molecule has 2 N–H and O–H groups in total. The number of fused-ring (bicyclic) bond motifs is 1. The zero-order chi connectivity index (χ0) is 13.4. The monoisotopic (exact) mass is 276 g/mol. The molecule has 4 nitrogen and oxygen atoms in total. The van der Waals surface area contributed by atoms with Crippen LogP contribution in [0.1, 0.15) is 35.1 Å². The lowest BCUT2D eigenvalue weighted by atomic mass is 10.1. The van der Waals surface area contributed by atoms with Crippen LogP contribution in [0.5, 0.6) is 0 Å². The van der Waals surface area contributed by atoms with Crippen molar-refractivity contribution in [1.82, 2.24) is 9.97 Å². The number of benzene rings is 1. The number of carboxylic acids is 1. The van der Waals surface area contributed by atoms with Crippen LogP contribution in [0, 0.1) is 0 Å². The van der Waals surface area contributed by atoms with E-state index in [0.29, 0.717) is 23.6 Å². The fourth-order valence-electron chi connectivity index (χ4n) is 2.55. The summed E-state index contributed by atoms with van der Waals surface area (Å²) >= 11 is 5.94. The molecular weight excluding hydrogens is 264 g/mol. The Hall–Kier alpha value is -1.81. The Morgan fingerprint density at radius 2 is 2.37 bits per heavy atom. The second-order valence-electron chi connectivity index (χ2n) is 4.78. The highest BCUT2D eigenvalue weighted by Gasteiger charge is 2.31. The van der Waals surface area contributed by atoms with Crippen LogP contribution in [-0.4, -0.2) is 21.0 Å². The third-order valence-electron chi connectivity index (χ3n) is 3.43. The standard InChI is InChI=1S/C14H13ClN2O2/c15-9-3-1-2-8(6-9)7-12-16-11-5-4-10(14(18)19)13(11)17-12/h1-3,6,10H,4-5,7H2,(H,16,17)(H,18,19). The van der Waals surface area contributed by atoms with Crippen LogP contribution in [0.2, 0.25) is 5.02 Å². The van der Waals surface area contributed by atoms with E-state index >= 15 is 0 Å². The first-order valence-corrected chi connectivity index (χ1v) is 6.56. The van der Waals surface area contributed by atoms with Crippen molar-refractivity contribution in [3.05, 3.63) is 52.1 Å². The van der Waals surface area contributed by atoms with Crippen molar-refractivity contribution in [1.29, 1.82) is 0 Å². The number of aliphatic carboxylic acids is 1. The van der Waals surface area contributed by atoms with Crippen molar-refractivity contribution in [2.75, 3.05) is 0 Å². The number of hydrogen-bond acceptors (Lipinski definition) is 2. The van der Waals surface area contributed by atoms with Gasteiger partial charge in [-0.2, -0.15) is 0 Å². The maximum absolute atomic E-state index is 11.1. The number of imidazole rings is 1. The average molecular weight is 277 g/mol. The van der Waals surface area contributed by atoms with Gasteiger partial charge in [0.1, 0.15) is 11.7 Å². The number of nitrogens with zero attached hydrogens (tertiary/aromatic N) is 1. The van der Waals surface area contributed by atoms with Crippen LogP contribution >= 0.6 is 11.6 Å². The summed E-state index contributed by atoms with van der Waals surface area (Å²) in [5.41, 5.74) is 2.72. The zero-order valence-electron chi connectivity index (χ0n) is 10.2. The number of aromatic nitrogens is 2. The van der Waals surface area contributed by atoms with Crippen LogP contribution < -0.4 is 0 Å². The van der Waals surface area contributed by atoms with Gasteiger partial charge < -0.3 is 10.1 Å². The highest BCUT2D eigenvalue weighted by atomic mass is 35.5. The van der Waals surface area contributed by atoms with E-state index in [1.807, 2.05) is 24.3 Å². The molecule has 1 aromatic heterocycles. The number of H-pyrrole nitrogens is 1. The van der Waals surface area contributed by atoms with E-state index < -0.39 is 11.9 Å². The van der Waals surface area contributed by atoms with E-state index in [-0.39, 0.29) is 0 Å². The molecule has 0 fully saturated rings. The van der Waals surface area contributed by atoms with Crippen LogP contribution in [0.25, 0.3) is 0 Å². The lowest BCUT2D eigenvalue weighted by Gasteiger charge is -2.02. The Balaban J connectivity index is 1.85. The largest absolute Gasteiger partial charge is 0.481 e. The van der Waals surface area contributed by atoms with Crippen molar-refractivity contribution in [3.8, 4) is 0 Å². The number of aryl methyl sites for hydroxylation is 1. The van der Waals surface area contributed by atoms with Crippen molar-refractivity contribution < 1.29 is 9.90 Å². The second kappa shape index (κ2) is 4.70. The molecule has 1 aliphatic rings. The number of carbonyl (C=O) groups is 1. The molecular formula is C14H13ClN2O2. The summed E-state index contributed by atoms with van der Waals surface area (Å²) in [7, 11) is 0. The lowest BCUT2D eigenvalue weighted by Crippen LogP contribution is -2.08. The van der Waals surface area contributed by atoms with E-state index in [1.165, 1.54) is 0 Å². The minimum atomic E-state index is -0.792. The lowest BCUT2D eigenvalue weighted by molar-refractivity contribution is -0.138. The molecule has 3 rings (SSSR count). The van der Waals surface area contributed by atoms with Gasteiger partial charge in [0.25, 0.3) is 0 Å². The molecule has 0 saturated carbocycles. The van der Waals surface area contributed by atoms with Gasteiger partial charge in [0.15, 0.2) is 0 Å². The first-order chi connectivity index (χ1) is 9.13. The molecule has 98 valence electrons. The highest BCUT2D eigenvalue weighted by molar-refractivity contribution is 6.30. The molecule has 0 amide bonds. The molecule has 1 aromatic carbocycles. The van der Waals surface area contributed by atoms with Gasteiger partial charge in [0, 0.05) is 17.1 Å². The quantitative estimate of drug-likeness (QED) is 0.906. The van der Waals surface area contributed by atoms with Crippen molar-refractivity contribution in [3.63, 3.8) is 0 Å². The second-order valence-corrected chi connectivity index (χ2v) is 5.22. The van der Waals surface area contributed by atoms with E-state index in [0.717, 1.165) is 23.5 Å². The normalized spacial score (nSPS) is 17.4. The van der Waals surface area contributed by atoms with Gasteiger partial charge in [-0.05, 0) is 30.5 Å². The number of hydrogen-bond donors (Lipinski definition) is 2. The number of rotatable bonds is 3. The summed E-state index contributed by atoms with van der Waals surface area (Å²) in [6.07, 6.45) is 2.04. The van der Waals surface area contributed by atoms with E-state index in [2.05, 4.69) is 9.97 Å². The summed E-state index contributed by atoms with van der Waals surface area (Å²) in [6, 6.07) is 7.60. The summed E-state index contributed by atoms with van der Waals surface area (Å²) in [5.74, 6) is -0.447. The van der Waals surface area contributed by atoms with Crippen molar-refractivity contribution >= 4 is 17.6 Å². The molecule has 1 heterocycles. The van der Waals surface area contributed by atoms with Crippen molar-refractivity contribution in [2.45, 2.75) is 25.2 Å². The average Bonchev–Trinajstić information content (AvgIpc) is 2.87. The van der Waals surface area contributed by atoms with E-state index in [1.54, 1.807) is 0 Å². The molecule has 0 spiro atoms. The molecule has 2 aromatic rings. The van der Waals surface area contributed by atoms with Crippen LogP contribution in [0.15, 0.2) is 24.3 Å². The number of nitrogens with one attached hydrogen (secondary N) is 1. The molecule has 5 heteroatoms. The van der Waals surface area contributed by atoms with Gasteiger partial charge in [-0.15, -0.1) is 0 Å². The van der Waals surface area contributed by atoms with E-state index in [9.17, 15) is 4.79 Å². The first-order valence-electron chi connectivity index (χ1n) is 6.18. The number of aromatic amines is 1. The predicted octanol–water partition coefficient (Wildman–Crippen LogP) is 2.77. The summed E-state index contributed by atoms with van der Waals surface area (Å²) < 4.78 is 0. The Kier molecular flexibility index (Phi) is 3.03. The van der Waals surface area contributed by atoms with Crippen LogP contribution in [0.4, 0.5) is 0 Å². The van der Waals surface area contributed by atoms with Gasteiger partial charge in [-0.3, -0.25) is 4.79 Å². The molecule has 1 atom stereocenters. The Morgan fingerprint density at radius 1 is 1.53 bits per heavy atom. The van der Waals surface area contributed by atoms with Gasteiger partial charge in [-0.1, -0.05) is 23.7 Å². The van der Waals surface area contributed by atoms with E-state index in [4.69, 9.17) is 16.7 Å². The molecule has 0 bridgehead atoms. The Morgan fingerprint density at radius 3 is 3.11 bits per heavy atom. The molecule has 0 radical (unpaired) electrons. The van der Waals surface area contributed by atoms with Gasteiger partial charge >= 0.3 is 5.97 Å². The fraction of sp³-hybridized carbons (Fsp3) is 0.286. The molecule has 1 unspecified atom stereocenters. The maximum Gasteiger partial charge on any atom is 0.312 e. The SMILES string of the molecule is O=C(O)C1CCc2[nH]c(Cc3cccc(Cl)c3)nc21. The highest BCUT2D eigenvalue weighted by Crippen LogP contribution is 2.31. The first kappa shape index (κ1) is 12.2. The summed E-state index contributed by atoms with van der Waals surface area (Å²) in [5, 5.41) is 9.82. The van der Waals surface area contributed by atoms with Crippen molar-refractivity contribution in [2.24, 2.45) is 0 Å². The maximum atomic E-state index is 11.1. The molecule has 0 aliphatic heterocycles. The van der Waals surface area contributed by atoms with Crippen LogP contribution in [0.3, 0.4) is 0 Å². The Bertz CT molecular complexity index is 636. The van der Waals surface area contributed by atoms with Gasteiger partial charge in [0.05, 0.1) is 5.69 Å². The topological polar surface area (TPSA) is 66.0 Å². The Labute approximate surface area is 115 Å².